The van der Waals surface area contributed by atoms with E-state index in [2.05, 4.69) is 158 Å². The van der Waals surface area contributed by atoms with Gasteiger partial charge in [-0.2, -0.15) is 0 Å². The quantitative estimate of drug-likeness (QED) is 0.190. The fraction of sp³-hybridized carbons (Fsp3) is 0. The second kappa shape index (κ2) is 11.1. The van der Waals surface area contributed by atoms with Crippen molar-refractivity contribution in [1.82, 2.24) is 15.0 Å². The molecule has 0 spiro atoms. The highest BCUT2D eigenvalue weighted by atomic mass is 28.3. The van der Waals surface area contributed by atoms with Crippen LogP contribution in [0.3, 0.4) is 0 Å². The van der Waals surface area contributed by atoms with Crippen molar-refractivity contribution >= 4 is 39.6 Å². The van der Waals surface area contributed by atoms with E-state index < -0.39 is 8.07 Å². The van der Waals surface area contributed by atoms with Crippen LogP contribution in [0.1, 0.15) is 0 Å². The Morgan fingerprint density at radius 2 is 0.872 bits per heavy atom. The van der Waals surface area contributed by atoms with Crippen molar-refractivity contribution in [1.29, 1.82) is 0 Å². The summed E-state index contributed by atoms with van der Waals surface area (Å²) in [5, 5.41) is 7.76. The summed E-state index contributed by atoms with van der Waals surface area (Å²) in [6.07, 6.45) is 0. The van der Waals surface area contributed by atoms with E-state index in [0.717, 1.165) is 22.1 Å². The maximum atomic E-state index is 5.30. The van der Waals surface area contributed by atoms with Gasteiger partial charge in [-0.05, 0) is 48.7 Å². The van der Waals surface area contributed by atoms with Crippen LogP contribution in [0.5, 0.6) is 0 Å². The molecule has 1 aliphatic rings. The van der Waals surface area contributed by atoms with Crippen LogP contribution >= 0.6 is 0 Å². The minimum Gasteiger partial charge on any atom is -0.208 e. The summed E-state index contributed by atoms with van der Waals surface area (Å²) < 4.78 is 0. The van der Waals surface area contributed by atoms with E-state index in [1.165, 1.54) is 37.3 Å². The molecule has 220 valence electrons. The standard InChI is InChI=1S/C43H29N3Si/c1-4-16-31(17-5-1)41-44-42(33-28-27-30-15-10-11-18-32(30)29-33)46-43(45-41)38-25-14-24-37-36-23-12-13-26-39(36)47(40(37)38,34-19-6-2-7-20-34)35-21-8-3-9-22-35/h1-29H. The number of rotatable bonds is 5. The molecule has 0 N–H and O–H groups in total. The molecule has 0 saturated heterocycles. The lowest BCUT2D eigenvalue weighted by atomic mass is 10.0. The monoisotopic (exact) mass is 615 g/mol. The van der Waals surface area contributed by atoms with Gasteiger partial charge in [0.25, 0.3) is 0 Å². The summed E-state index contributed by atoms with van der Waals surface area (Å²) in [5.41, 5.74) is 5.53. The normalized spacial score (nSPS) is 12.9. The van der Waals surface area contributed by atoms with Gasteiger partial charge in [0.05, 0.1) is 0 Å². The fourth-order valence-corrected chi connectivity index (χ4v) is 12.7. The molecule has 4 heteroatoms. The van der Waals surface area contributed by atoms with Crippen molar-refractivity contribution in [2.24, 2.45) is 0 Å². The Hall–Kier alpha value is -5.97. The second-order valence-electron chi connectivity index (χ2n) is 12.0. The first-order valence-corrected chi connectivity index (χ1v) is 18.0. The van der Waals surface area contributed by atoms with Gasteiger partial charge in [-0.15, -0.1) is 0 Å². The Labute approximate surface area is 274 Å². The van der Waals surface area contributed by atoms with Crippen LogP contribution in [-0.2, 0) is 0 Å². The van der Waals surface area contributed by atoms with Crippen LogP contribution in [0.2, 0.25) is 0 Å². The highest BCUT2D eigenvalue weighted by Crippen LogP contribution is 2.34. The molecule has 7 aromatic carbocycles. The zero-order valence-electron chi connectivity index (χ0n) is 25.6. The van der Waals surface area contributed by atoms with Crippen LogP contribution in [0.15, 0.2) is 176 Å². The van der Waals surface area contributed by atoms with Crippen LogP contribution in [0.4, 0.5) is 0 Å². The molecule has 0 atom stereocenters. The molecule has 0 radical (unpaired) electrons. The molecule has 8 aromatic rings. The van der Waals surface area contributed by atoms with Gasteiger partial charge in [0.1, 0.15) is 0 Å². The van der Waals surface area contributed by atoms with Crippen LogP contribution in [-0.4, -0.2) is 23.0 Å². The van der Waals surface area contributed by atoms with Crippen LogP contribution in [0.25, 0.3) is 56.1 Å². The molecule has 2 heterocycles. The zero-order chi connectivity index (χ0) is 31.2. The van der Waals surface area contributed by atoms with Crippen molar-refractivity contribution in [3.8, 4) is 45.3 Å². The lowest BCUT2D eigenvalue weighted by molar-refractivity contribution is 1.08. The maximum absolute atomic E-state index is 5.30. The molecule has 9 rings (SSSR count). The van der Waals surface area contributed by atoms with Crippen molar-refractivity contribution < 1.29 is 0 Å². The predicted molar refractivity (Wildman–Crippen MR) is 196 cm³/mol. The lowest BCUT2D eigenvalue weighted by Crippen LogP contribution is -2.73. The van der Waals surface area contributed by atoms with Gasteiger partial charge >= 0.3 is 0 Å². The van der Waals surface area contributed by atoms with E-state index in [-0.39, 0.29) is 0 Å². The number of benzene rings is 7. The van der Waals surface area contributed by atoms with E-state index in [4.69, 9.17) is 15.0 Å². The minimum absolute atomic E-state index is 0.665. The Balaban J connectivity index is 1.37. The zero-order valence-corrected chi connectivity index (χ0v) is 26.6. The Morgan fingerprint density at radius 3 is 1.60 bits per heavy atom. The summed E-state index contributed by atoms with van der Waals surface area (Å²) in [7, 11) is -2.78. The maximum Gasteiger partial charge on any atom is 0.181 e. The van der Waals surface area contributed by atoms with Crippen molar-refractivity contribution in [3.05, 3.63) is 176 Å². The highest BCUT2D eigenvalue weighted by molar-refractivity contribution is 7.22. The van der Waals surface area contributed by atoms with E-state index in [0.29, 0.717) is 17.5 Å². The van der Waals surface area contributed by atoms with Gasteiger partial charge in [-0.3, -0.25) is 0 Å². The first kappa shape index (κ1) is 27.3. The van der Waals surface area contributed by atoms with Crippen LogP contribution < -0.4 is 20.7 Å². The third-order valence-electron chi connectivity index (χ3n) is 9.39. The number of hydrogen-bond acceptors (Lipinski definition) is 3. The van der Waals surface area contributed by atoms with Gasteiger partial charge in [-0.25, -0.2) is 15.0 Å². The molecule has 0 unspecified atom stereocenters. The third kappa shape index (κ3) is 4.37. The van der Waals surface area contributed by atoms with Gasteiger partial charge in [-0.1, -0.05) is 170 Å². The molecule has 0 fully saturated rings. The van der Waals surface area contributed by atoms with E-state index >= 15 is 0 Å². The largest absolute Gasteiger partial charge is 0.208 e. The van der Waals surface area contributed by atoms with E-state index in [1.54, 1.807) is 0 Å². The number of aromatic nitrogens is 3. The molecular weight excluding hydrogens is 587 g/mol. The second-order valence-corrected chi connectivity index (χ2v) is 15.7. The van der Waals surface area contributed by atoms with E-state index in [1.807, 2.05) is 18.2 Å². The molecule has 0 aliphatic carbocycles. The Morgan fingerprint density at radius 1 is 0.340 bits per heavy atom. The average Bonchev–Trinajstić information content (AvgIpc) is 3.47. The SMILES string of the molecule is c1ccc(-c2nc(-c3ccc4ccccc4c3)nc(-c3cccc4c3[Si](c3ccccc3)(c3ccccc3)c3ccccc3-4)n2)cc1. The summed E-state index contributed by atoms with van der Waals surface area (Å²) in [5.74, 6) is 2.02. The first-order chi connectivity index (χ1) is 23.3. The molecule has 1 aliphatic heterocycles. The number of fused-ring (bicyclic) bond motifs is 4. The molecule has 47 heavy (non-hydrogen) atoms. The average molecular weight is 616 g/mol. The summed E-state index contributed by atoms with van der Waals surface area (Å²) in [4.78, 5) is 15.6. The summed E-state index contributed by atoms with van der Waals surface area (Å²) in [6.45, 7) is 0. The smallest absolute Gasteiger partial charge is 0.181 e. The summed E-state index contributed by atoms with van der Waals surface area (Å²) in [6, 6.07) is 62.9. The molecule has 3 nitrogen and oxygen atoms in total. The van der Waals surface area contributed by atoms with Gasteiger partial charge in [0.15, 0.2) is 25.5 Å². The topological polar surface area (TPSA) is 38.7 Å². The van der Waals surface area contributed by atoms with Crippen molar-refractivity contribution in [2.75, 3.05) is 0 Å². The fourth-order valence-electron chi connectivity index (χ4n) is 7.36. The Bertz CT molecular complexity index is 2370. The Kier molecular flexibility index (Phi) is 6.47. The first-order valence-electron chi connectivity index (χ1n) is 16.0. The van der Waals surface area contributed by atoms with Gasteiger partial charge < -0.3 is 0 Å². The molecule has 0 saturated carbocycles. The summed E-state index contributed by atoms with van der Waals surface area (Å²) >= 11 is 0. The lowest BCUT2D eigenvalue weighted by Gasteiger charge is -2.32. The van der Waals surface area contributed by atoms with Crippen LogP contribution in [0, 0.1) is 0 Å². The highest BCUT2D eigenvalue weighted by Gasteiger charge is 2.50. The minimum atomic E-state index is -2.78. The third-order valence-corrected chi connectivity index (χ3v) is 14.3. The molecular formula is C43H29N3Si. The number of nitrogens with zero attached hydrogens (tertiary/aromatic N) is 3. The number of hydrogen-bond donors (Lipinski definition) is 0. The van der Waals surface area contributed by atoms with Gasteiger partial charge in [0, 0.05) is 16.7 Å². The van der Waals surface area contributed by atoms with Gasteiger partial charge in [0.2, 0.25) is 0 Å². The molecule has 0 amide bonds. The van der Waals surface area contributed by atoms with Crippen molar-refractivity contribution in [3.63, 3.8) is 0 Å². The van der Waals surface area contributed by atoms with Crippen molar-refractivity contribution in [2.45, 2.75) is 0 Å². The predicted octanol–water partition coefficient (Wildman–Crippen LogP) is 7.38. The molecule has 1 aromatic heterocycles. The van der Waals surface area contributed by atoms with E-state index in [9.17, 15) is 0 Å². The molecule has 0 bridgehead atoms.